The standard InChI is InChI=1S/C12H12FN3O/c1-8-2-3-10(13)11(4-8)17-12-7-15-9(5-14)6-16-12/h2-4,6-7H,5,14H2,1H3. The van der Waals surface area contributed by atoms with Crippen molar-refractivity contribution in [2.24, 2.45) is 5.73 Å². The summed E-state index contributed by atoms with van der Waals surface area (Å²) in [5, 5.41) is 0. The third kappa shape index (κ3) is 2.76. The van der Waals surface area contributed by atoms with Crippen molar-refractivity contribution >= 4 is 0 Å². The zero-order valence-electron chi connectivity index (χ0n) is 9.35. The molecule has 1 aromatic heterocycles. The van der Waals surface area contributed by atoms with Crippen LogP contribution in [0.4, 0.5) is 4.39 Å². The fraction of sp³-hybridized carbons (Fsp3) is 0.167. The zero-order valence-corrected chi connectivity index (χ0v) is 9.35. The monoisotopic (exact) mass is 233 g/mol. The van der Waals surface area contributed by atoms with Gasteiger partial charge in [-0.3, -0.25) is 4.98 Å². The summed E-state index contributed by atoms with van der Waals surface area (Å²) in [4.78, 5) is 7.99. The number of hydrogen-bond donors (Lipinski definition) is 1. The van der Waals surface area contributed by atoms with E-state index in [1.165, 1.54) is 18.5 Å². The number of halogens is 1. The number of nitrogens with zero attached hydrogens (tertiary/aromatic N) is 2. The van der Waals surface area contributed by atoms with Crippen molar-refractivity contribution in [2.45, 2.75) is 13.5 Å². The van der Waals surface area contributed by atoms with Crippen LogP contribution in [0.25, 0.3) is 0 Å². The summed E-state index contributed by atoms with van der Waals surface area (Å²) < 4.78 is 18.7. The zero-order chi connectivity index (χ0) is 12.3. The first-order valence-corrected chi connectivity index (χ1v) is 5.14. The van der Waals surface area contributed by atoms with Gasteiger partial charge < -0.3 is 10.5 Å². The average molecular weight is 233 g/mol. The maximum Gasteiger partial charge on any atom is 0.237 e. The Hall–Kier alpha value is -2.01. The molecular formula is C12H12FN3O. The molecule has 0 aliphatic heterocycles. The van der Waals surface area contributed by atoms with E-state index in [0.29, 0.717) is 12.2 Å². The number of rotatable bonds is 3. The lowest BCUT2D eigenvalue weighted by Gasteiger charge is -2.06. The minimum absolute atomic E-state index is 0.139. The van der Waals surface area contributed by atoms with Gasteiger partial charge in [0.15, 0.2) is 11.6 Å². The van der Waals surface area contributed by atoms with Gasteiger partial charge in [-0.1, -0.05) is 6.07 Å². The Morgan fingerprint density at radius 1 is 1.29 bits per heavy atom. The van der Waals surface area contributed by atoms with Crippen LogP contribution in [0.2, 0.25) is 0 Å². The van der Waals surface area contributed by atoms with Crippen LogP contribution in [0.1, 0.15) is 11.3 Å². The lowest BCUT2D eigenvalue weighted by Crippen LogP contribution is -2.00. The van der Waals surface area contributed by atoms with Gasteiger partial charge in [-0.05, 0) is 24.6 Å². The summed E-state index contributed by atoms with van der Waals surface area (Å²) in [7, 11) is 0. The highest BCUT2D eigenvalue weighted by Crippen LogP contribution is 2.23. The van der Waals surface area contributed by atoms with Crippen molar-refractivity contribution in [3.05, 3.63) is 47.7 Å². The van der Waals surface area contributed by atoms with Gasteiger partial charge in [-0.2, -0.15) is 0 Å². The van der Waals surface area contributed by atoms with Crippen LogP contribution in [0.5, 0.6) is 11.6 Å². The van der Waals surface area contributed by atoms with Gasteiger partial charge in [-0.25, -0.2) is 9.37 Å². The lowest BCUT2D eigenvalue weighted by atomic mass is 10.2. The molecule has 4 nitrogen and oxygen atoms in total. The van der Waals surface area contributed by atoms with Crippen molar-refractivity contribution in [3.63, 3.8) is 0 Å². The van der Waals surface area contributed by atoms with Crippen molar-refractivity contribution in [1.29, 1.82) is 0 Å². The van der Waals surface area contributed by atoms with Crippen LogP contribution < -0.4 is 10.5 Å². The molecule has 0 amide bonds. The first-order valence-electron chi connectivity index (χ1n) is 5.14. The maximum absolute atomic E-state index is 13.4. The molecule has 2 N–H and O–H groups in total. The normalized spacial score (nSPS) is 10.3. The number of hydrogen-bond acceptors (Lipinski definition) is 4. The second-order valence-corrected chi connectivity index (χ2v) is 3.59. The second-order valence-electron chi connectivity index (χ2n) is 3.59. The Morgan fingerprint density at radius 2 is 2.12 bits per heavy atom. The van der Waals surface area contributed by atoms with E-state index in [1.54, 1.807) is 12.1 Å². The predicted octanol–water partition coefficient (Wildman–Crippen LogP) is 2.18. The van der Waals surface area contributed by atoms with E-state index < -0.39 is 5.82 Å². The lowest BCUT2D eigenvalue weighted by molar-refractivity contribution is 0.424. The third-order valence-corrected chi connectivity index (χ3v) is 2.19. The summed E-state index contributed by atoms with van der Waals surface area (Å²) in [5.74, 6) is -0.0493. The summed E-state index contributed by atoms with van der Waals surface area (Å²) in [6.45, 7) is 2.17. The van der Waals surface area contributed by atoms with Crippen LogP contribution in [-0.2, 0) is 6.54 Å². The van der Waals surface area contributed by atoms with E-state index in [-0.39, 0.29) is 11.6 Å². The molecule has 1 heterocycles. The van der Waals surface area contributed by atoms with Crippen molar-refractivity contribution in [1.82, 2.24) is 9.97 Å². The molecule has 0 saturated carbocycles. The number of aromatic nitrogens is 2. The molecule has 0 radical (unpaired) electrons. The van der Waals surface area contributed by atoms with E-state index in [0.717, 1.165) is 5.56 Å². The van der Waals surface area contributed by atoms with Gasteiger partial charge in [0.05, 0.1) is 18.1 Å². The molecule has 0 bridgehead atoms. The first kappa shape index (κ1) is 11.5. The molecule has 1 aromatic carbocycles. The number of benzene rings is 1. The Kier molecular flexibility index (Phi) is 3.30. The van der Waals surface area contributed by atoms with Crippen LogP contribution in [-0.4, -0.2) is 9.97 Å². The molecule has 0 saturated heterocycles. The van der Waals surface area contributed by atoms with Crippen molar-refractivity contribution in [2.75, 3.05) is 0 Å². The van der Waals surface area contributed by atoms with Crippen LogP contribution >= 0.6 is 0 Å². The summed E-state index contributed by atoms with van der Waals surface area (Å²) in [6.07, 6.45) is 2.92. The molecule has 0 atom stereocenters. The fourth-order valence-corrected chi connectivity index (χ4v) is 1.30. The Labute approximate surface area is 98.3 Å². The topological polar surface area (TPSA) is 61.0 Å². The van der Waals surface area contributed by atoms with Gasteiger partial charge in [0.2, 0.25) is 5.88 Å². The van der Waals surface area contributed by atoms with Gasteiger partial charge >= 0.3 is 0 Å². The van der Waals surface area contributed by atoms with Crippen molar-refractivity contribution in [3.8, 4) is 11.6 Å². The maximum atomic E-state index is 13.4. The second kappa shape index (κ2) is 4.88. The van der Waals surface area contributed by atoms with E-state index in [4.69, 9.17) is 10.5 Å². The highest BCUT2D eigenvalue weighted by molar-refractivity contribution is 5.32. The van der Waals surface area contributed by atoms with Crippen LogP contribution in [0.15, 0.2) is 30.6 Å². The van der Waals surface area contributed by atoms with Crippen LogP contribution in [0.3, 0.4) is 0 Å². The summed E-state index contributed by atoms with van der Waals surface area (Å²) in [5.41, 5.74) is 6.96. The quantitative estimate of drug-likeness (QED) is 0.882. The largest absolute Gasteiger partial charge is 0.434 e. The van der Waals surface area contributed by atoms with Gasteiger partial charge in [0, 0.05) is 6.54 Å². The Bertz CT molecular complexity index is 514. The molecule has 0 fully saturated rings. The molecule has 2 aromatic rings. The number of nitrogens with two attached hydrogens (primary N) is 1. The Balaban J connectivity index is 2.22. The fourth-order valence-electron chi connectivity index (χ4n) is 1.30. The molecule has 2 rings (SSSR count). The van der Waals surface area contributed by atoms with Crippen LogP contribution in [0, 0.1) is 12.7 Å². The summed E-state index contributed by atoms with van der Waals surface area (Å²) >= 11 is 0. The van der Waals surface area contributed by atoms with Gasteiger partial charge in [0.1, 0.15) is 0 Å². The third-order valence-electron chi connectivity index (χ3n) is 2.19. The van der Waals surface area contributed by atoms with Gasteiger partial charge in [0.25, 0.3) is 0 Å². The minimum atomic E-state index is -0.430. The smallest absolute Gasteiger partial charge is 0.237 e. The van der Waals surface area contributed by atoms with E-state index in [9.17, 15) is 4.39 Å². The summed E-state index contributed by atoms with van der Waals surface area (Å²) in [6, 6.07) is 4.63. The van der Waals surface area contributed by atoms with E-state index in [2.05, 4.69) is 9.97 Å². The molecule has 5 heteroatoms. The molecule has 88 valence electrons. The van der Waals surface area contributed by atoms with E-state index >= 15 is 0 Å². The Morgan fingerprint density at radius 3 is 2.76 bits per heavy atom. The highest BCUT2D eigenvalue weighted by Gasteiger charge is 2.06. The first-order chi connectivity index (χ1) is 8.19. The van der Waals surface area contributed by atoms with Gasteiger partial charge in [-0.15, -0.1) is 0 Å². The number of aryl methyl sites for hydroxylation is 1. The highest BCUT2D eigenvalue weighted by atomic mass is 19.1. The SMILES string of the molecule is Cc1ccc(F)c(Oc2cnc(CN)cn2)c1. The molecule has 0 aliphatic carbocycles. The molecule has 0 spiro atoms. The minimum Gasteiger partial charge on any atom is -0.434 e. The average Bonchev–Trinajstić information content (AvgIpc) is 2.35. The van der Waals surface area contributed by atoms with E-state index in [1.807, 2.05) is 6.92 Å². The predicted molar refractivity (Wildman–Crippen MR) is 61.1 cm³/mol. The molecule has 17 heavy (non-hydrogen) atoms. The molecular weight excluding hydrogens is 221 g/mol. The molecule has 0 aliphatic rings. The van der Waals surface area contributed by atoms with Crippen molar-refractivity contribution < 1.29 is 9.13 Å². The molecule has 0 unspecified atom stereocenters. The number of ether oxygens (including phenoxy) is 1.